The maximum atomic E-state index is 12.0. The van der Waals surface area contributed by atoms with E-state index in [0.717, 1.165) is 0 Å². The zero-order valence-corrected chi connectivity index (χ0v) is 10.4. The first-order chi connectivity index (χ1) is 9.89. The normalized spacial score (nSPS) is 9.71. The van der Waals surface area contributed by atoms with Crippen LogP contribution in [0, 0.1) is 34.0 Å². The smallest absolute Gasteiger partial charge is 0.422 e. The van der Waals surface area contributed by atoms with Crippen LogP contribution in [-0.2, 0) is 0 Å². The van der Waals surface area contributed by atoms with E-state index in [0.29, 0.717) is 5.69 Å². The first-order valence-electron chi connectivity index (χ1n) is 5.41. The van der Waals surface area contributed by atoms with Crippen LogP contribution in [0.5, 0.6) is 5.75 Å². The SMILES string of the molecule is N#CC(C#N)=C(C#N)Nc1ccc(OCC(F)(F)F)cc1. The summed E-state index contributed by atoms with van der Waals surface area (Å²) in [5.74, 6) is 0.00107. The summed E-state index contributed by atoms with van der Waals surface area (Å²) in [6, 6.07) is 10.0. The van der Waals surface area contributed by atoms with Crippen LogP contribution in [0.4, 0.5) is 18.9 Å². The Hall–Kier alpha value is -3.18. The number of rotatable bonds is 4. The van der Waals surface area contributed by atoms with E-state index in [-0.39, 0.29) is 11.4 Å². The third kappa shape index (κ3) is 5.14. The lowest BCUT2D eigenvalue weighted by atomic mass is 10.2. The van der Waals surface area contributed by atoms with E-state index in [1.807, 2.05) is 0 Å². The fourth-order valence-corrected chi connectivity index (χ4v) is 1.23. The van der Waals surface area contributed by atoms with Crippen LogP contribution in [0.25, 0.3) is 0 Å². The molecule has 21 heavy (non-hydrogen) atoms. The lowest BCUT2D eigenvalue weighted by molar-refractivity contribution is -0.153. The Bertz CT molecular complexity index is 641. The topological polar surface area (TPSA) is 92.6 Å². The predicted octanol–water partition coefficient (Wildman–Crippen LogP) is 2.86. The van der Waals surface area contributed by atoms with Crippen molar-refractivity contribution in [1.82, 2.24) is 0 Å². The van der Waals surface area contributed by atoms with E-state index in [1.54, 1.807) is 18.2 Å². The molecule has 0 saturated carbocycles. The molecule has 0 heterocycles. The molecule has 0 aliphatic carbocycles. The largest absolute Gasteiger partial charge is 0.484 e. The van der Waals surface area contributed by atoms with E-state index in [1.165, 1.54) is 24.3 Å². The van der Waals surface area contributed by atoms with Crippen LogP contribution < -0.4 is 10.1 Å². The third-order valence-electron chi connectivity index (χ3n) is 2.11. The van der Waals surface area contributed by atoms with Crippen molar-refractivity contribution in [3.63, 3.8) is 0 Å². The van der Waals surface area contributed by atoms with Gasteiger partial charge in [0.15, 0.2) is 12.2 Å². The molecule has 0 aliphatic rings. The highest BCUT2D eigenvalue weighted by atomic mass is 19.4. The number of ether oxygens (including phenoxy) is 1. The van der Waals surface area contributed by atoms with E-state index in [2.05, 4.69) is 10.1 Å². The molecular weight excluding hydrogens is 285 g/mol. The van der Waals surface area contributed by atoms with Gasteiger partial charge in [0.1, 0.15) is 29.7 Å². The van der Waals surface area contributed by atoms with E-state index < -0.39 is 18.4 Å². The summed E-state index contributed by atoms with van der Waals surface area (Å²) in [5.41, 5.74) is -0.312. The van der Waals surface area contributed by atoms with E-state index >= 15 is 0 Å². The number of nitrogens with zero attached hydrogens (tertiary/aromatic N) is 3. The number of hydrogen-bond acceptors (Lipinski definition) is 5. The molecule has 1 aromatic carbocycles. The highest BCUT2D eigenvalue weighted by molar-refractivity contribution is 5.58. The molecule has 0 amide bonds. The molecule has 0 unspecified atom stereocenters. The van der Waals surface area contributed by atoms with Crippen molar-refractivity contribution in [1.29, 1.82) is 15.8 Å². The number of alkyl halides is 3. The van der Waals surface area contributed by atoms with Gasteiger partial charge in [0, 0.05) is 5.69 Å². The van der Waals surface area contributed by atoms with Gasteiger partial charge in [-0.2, -0.15) is 29.0 Å². The highest BCUT2D eigenvalue weighted by Crippen LogP contribution is 2.21. The molecule has 0 fully saturated rings. The van der Waals surface area contributed by atoms with Crippen LogP contribution in [0.15, 0.2) is 35.5 Å². The summed E-state index contributed by atoms with van der Waals surface area (Å²) in [6.45, 7) is -1.41. The van der Waals surface area contributed by atoms with Crippen molar-refractivity contribution in [2.45, 2.75) is 6.18 Å². The van der Waals surface area contributed by atoms with Crippen molar-refractivity contribution in [2.24, 2.45) is 0 Å². The molecular formula is C13H7F3N4O. The molecule has 0 atom stereocenters. The minimum Gasteiger partial charge on any atom is -0.484 e. The summed E-state index contributed by atoms with van der Waals surface area (Å²) in [4.78, 5) is 0. The number of nitriles is 3. The summed E-state index contributed by atoms with van der Waals surface area (Å²) in [5, 5.41) is 28.6. The van der Waals surface area contributed by atoms with Gasteiger partial charge in [-0.15, -0.1) is 0 Å². The minimum absolute atomic E-state index is 0.00107. The monoisotopic (exact) mass is 292 g/mol. The van der Waals surface area contributed by atoms with Crippen molar-refractivity contribution in [3.8, 4) is 24.0 Å². The van der Waals surface area contributed by atoms with Gasteiger partial charge in [-0.25, -0.2) is 0 Å². The lowest BCUT2D eigenvalue weighted by Crippen LogP contribution is -2.19. The van der Waals surface area contributed by atoms with Crippen LogP contribution in [0.2, 0.25) is 0 Å². The lowest BCUT2D eigenvalue weighted by Gasteiger charge is -2.10. The Morgan fingerprint density at radius 3 is 2.05 bits per heavy atom. The second kappa shape index (κ2) is 6.83. The molecule has 0 radical (unpaired) electrons. The molecule has 5 nitrogen and oxygen atoms in total. The summed E-state index contributed by atoms with van der Waals surface area (Å²) in [6.07, 6.45) is -4.43. The van der Waals surface area contributed by atoms with Crippen LogP contribution in [0.3, 0.4) is 0 Å². The highest BCUT2D eigenvalue weighted by Gasteiger charge is 2.28. The molecule has 0 aromatic heterocycles. The summed E-state index contributed by atoms with van der Waals surface area (Å²) in [7, 11) is 0. The number of nitrogens with one attached hydrogen (secondary N) is 1. The van der Waals surface area contributed by atoms with E-state index in [4.69, 9.17) is 15.8 Å². The second-order valence-corrected chi connectivity index (χ2v) is 3.64. The molecule has 1 N–H and O–H groups in total. The Kier molecular flexibility index (Phi) is 5.17. The van der Waals surface area contributed by atoms with E-state index in [9.17, 15) is 13.2 Å². The molecule has 0 aliphatic heterocycles. The quantitative estimate of drug-likeness (QED) is 0.861. The Morgan fingerprint density at radius 1 is 1.05 bits per heavy atom. The van der Waals surface area contributed by atoms with Gasteiger partial charge >= 0.3 is 6.18 Å². The van der Waals surface area contributed by atoms with Crippen LogP contribution in [0.1, 0.15) is 0 Å². The standard InChI is InChI=1S/C13H7F3N4O/c14-13(15,16)8-21-11-3-1-10(2-4-11)20-12(7-19)9(5-17)6-18/h1-4,20H,8H2. The molecule has 1 aromatic rings. The molecule has 106 valence electrons. The number of allylic oxidation sites excluding steroid dienone is 2. The summed E-state index contributed by atoms with van der Waals surface area (Å²) < 4.78 is 40.4. The number of benzene rings is 1. The van der Waals surface area contributed by atoms with Gasteiger partial charge in [0.05, 0.1) is 0 Å². The molecule has 0 bridgehead atoms. The van der Waals surface area contributed by atoms with Gasteiger partial charge in [-0.05, 0) is 24.3 Å². The van der Waals surface area contributed by atoms with Crippen molar-refractivity contribution in [3.05, 3.63) is 35.5 Å². The van der Waals surface area contributed by atoms with Gasteiger partial charge < -0.3 is 10.1 Å². The molecule has 0 saturated heterocycles. The molecule has 0 spiro atoms. The zero-order chi connectivity index (χ0) is 15.9. The number of anilines is 1. The minimum atomic E-state index is -4.43. The average molecular weight is 292 g/mol. The molecule has 1 rings (SSSR count). The zero-order valence-electron chi connectivity index (χ0n) is 10.4. The van der Waals surface area contributed by atoms with Crippen molar-refractivity contribution in [2.75, 3.05) is 11.9 Å². The fourth-order valence-electron chi connectivity index (χ4n) is 1.23. The first-order valence-corrected chi connectivity index (χ1v) is 5.41. The Balaban J connectivity index is 2.81. The number of hydrogen-bond donors (Lipinski definition) is 1. The Morgan fingerprint density at radius 2 is 1.62 bits per heavy atom. The van der Waals surface area contributed by atoms with Gasteiger partial charge in [-0.3, -0.25) is 0 Å². The maximum Gasteiger partial charge on any atom is 0.422 e. The maximum absolute atomic E-state index is 12.0. The van der Waals surface area contributed by atoms with Gasteiger partial charge in [-0.1, -0.05) is 0 Å². The molecule has 8 heteroatoms. The van der Waals surface area contributed by atoms with Crippen LogP contribution in [-0.4, -0.2) is 12.8 Å². The van der Waals surface area contributed by atoms with Crippen LogP contribution >= 0.6 is 0 Å². The first kappa shape index (κ1) is 15.9. The van der Waals surface area contributed by atoms with Crippen molar-refractivity contribution >= 4 is 5.69 Å². The fraction of sp³-hybridized carbons (Fsp3) is 0.154. The third-order valence-corrected chi connectivity index (χ3v) is 2.11. The summed E-state index contributed by atoms with van der Waals surface area (Å²) >= 11 is 0. The number of halogens is 3. The predicted molar refractivity (Wildman–Crippen MR) is 65.5 cm³/mol. The second-order valence-electron chi connectivity index (χ2n) is 3.64. The van der Waals surface area contributed by atoms with Gasteiger partial charge in [0.25, 0.3) is 0 Å². The Labute approximate surface area is 118 Å². The average Bonchev–Trinajstić information content (AvgIpc) is 2.45. The van der Waals surface area contributed by atoms with Gasteiger partial charge in [0.2, 0.25) is 0 Å². The van der Waals surface area contributed by atoms with Crippen molar-refractivity contribution < 1.29 is 17.9 Å².